The van der Waals surface area contributed by atoms with Crippen LogP contribution in [0.25, 0.3) is 10.6 Å². The summed E-state index contributed by atoms with van der Waals surface area (Å²) < 4.78 is 1.69. The molecule has 1 aliphatic rings. The highest BCUT2D eigenvalue weighted by Crippen LogP contribution is 2.26. The summed E-state index contributed by atoms with van der Waals surface area (Å²) in [7, 11) is 1.84. The van der Waals surface area contributed by atoms with Crippen LogP contribution in [0.15, 0.2) is 36.0 Å². The zero-order valence-electron chi connectivity index (χ0n) is 15.8. The SMILES string of the molecule is Cc1cccc(C(=O)N2CCCC2)c1NC(=O)c1csc(-c2cnn(C)c2)n1. The van der Waals surface area contributed by atoms with E-state index < -0.39 is 0 Å². The molecule has 1 fully saturated rings. The van der Waals surface area contributed by atoms with Gasteiger partial charge in [0.15, 0.2) is 0 Å². The van der Waals surface area contributed by atoms with Crippen molar-refractivity contribution in [3.05, 3.63) is 52.8 Å². The fourth-order valence-electron chi connectivity index (χ4n) is 3.32. The molecule has 144 valence electrons. The molecule has 1 N–H and O–H groups in total. The van der Waals surface area contributed by atoms with E-state index in [-0.39, 0.29) is 11.8 Å². The summed E-state index contributed by atoms with van der Waals surface area (Å²) >= 11 is 1.39. The topological polar surface area (TPSA) is 80.1 Å². The zero-order chi connectivity index (χ0) is 19.7. The van der Waals surface area contributed by atoms with Crippen molar-refractivity contribution in [2.45, 2.75) is 19.8 Å². The lowest BCUT2D eigenvalue weighted by Crippen LogP contribution is -2.29. The highest BCUT2D eigenvalue weighted by Gasteiger charge is 2.24. The normalized spacial score (nSPS) is 13.7. The predicted molar refractivity (Wildman–Crippen MR) is 109 cm³/mol. The van der Waals surface area contributed by atoms with Gasteiger partial charge in [0, 0.05) is 37.3 Å². The Morgan fingerprint density at radius 2 is 2.00 bits per heavy atom. The molecule has 0 radical (unpaired) electrons. The maximum absolute atomic E-state index is 12.9. The summed E-state index contributed by atoms with van der Waals surface area (Å²) in [5, 5.41) is 9.50. The Morgan fingerprint density at radius 3 is 2.71 bits per heavy atom. The first kappa shape index (κ1) is 18.4. The van der Waals surface area contributed by atoms with E-state index in [9.17, 15) is 9.59 Å². The van der Waals surface area contributed by atoms with E-state index in [2.05, 4.69) is 15.4 Å². The van der Waals surface area contributed by atoms with Crippen LogP contribution < -0.4 is 5.32 Å². The van der Waals surface area contributed by atoms with E-state index in [1.807, 2.05) is 37.2 Å². The van der Waals surface area contributed by atoms with Gasteiger partial charge in [-0.1, -0.05) is 12.1 Å². The minimum Gasteiger partial charge on any atom is -0.339 e. The van der Waals surface area contributed by atoms with Crippen molar-refractivity contribution in [1.29, 1.82) is 0 Å². The zero-order valence-corrected chi connectivity index (χ0v) is 16.6. The maximum Gasteiger partial charge on any atom is 0.275 e. The van der Waals surface area contributed by atoms with Crippen molar-refractivity contribution in [3.8, 4) is 10.6 Å². The van der Waals surface area contributed by atoms with Gasteiger partial charge in [0.1, 0.15) is 10.7 Å². The molecule has 0 bridgehead atoms. The fourth-order valence-corrected chi connectivity index (χ4v) is 4.10. The molecule has 4 rings (SSSR count). The average Bonchev–Trinajstić information content (AvgIpc) is 3.44. The predicted octanol–water partition coefficient (Wildman–Crippen LogP) is 3.34. The number of likely N-dealkylation sites (tertiary alicyclic amines) is 1. The molecule has 0 unspecified atom stereocenters. The number of hydrogen-bond acceptors (Lipinski definition) is 5. The van der Waals surface area contributed by atoms with Crippen molar-refractivity contribution in [2.75, 3.05) is 18.4 Å². The van der Waals surface area contributed by atoms with Gasteiger partial charge in [0.2, 0.25) is 0 Å². The van der Waals surface area contributed by atoms with E-state index in [0.717, 1.165) is 42.1 Å². The van der Waals surface area contributed by atoms with E-state index in [0.29, 0.717) is 16.9 Å². The van der Waals surface area contributed by atoms with Gasteiger partial charge < -0.3 is 10.2 Å². The molecule has 28 heavy (non-hydrogen) atoms. The number of carbonyl (C=O) groups is 2. The van der Waals surface area contributed by atoms with Gasteiger partial charge in [-0.25, -0.2) is 4.98 Å². The van der Waals surface area contributed by atoms with Crippen molar-refractivity contribution in [1.82, 2.24) is 19.7 Å². The van der Waals surface area contributed by atoms with Crippen LogP contribution >= 0.6 is 11.3 Å². The Bertz CT molecular complexity index is 1030. The molecular weight excluding hydrogens is 374 g/mol. The number of hydrogen-bond donors (Lipinski definition) is 1. The van der Waals surface area contributed by atoms with Gasteiger partial charge in [-0.05, 0) is 31.4 Å². The van der Waals surface area contributed by atoms with E-state index in [1.165, 1.54) is 11.3 Å². The minimum absolute atomic E-state index is 0.0363. The molecule has 2 aromatic heterocycles. The summed E-state index contributed by atoms with van der Waals surface area (Å²) in [5.74, 6) is -0.359. The van der Waals surface area contributed by atoms with E-state index >= 15 is 0 Å². The van der Waals surface area contributed by atoms with Crippen LogP contribution in [0, 0.1) is 6.92 Å². The number of anilines is 1. The molecule has 1 saturated heterocycles. The smallest absolute Gasteiger partial charge is 0.275 e. The number of nitrogens with zero attached hydrogens (tertiary/aromatic N) is 4. The lowest BCUT2D eigenvalue weighted by molar-refractivity contribution is 0.0794. The molecule has 0 atom stereocenters. The van der Waals surface area contributed by atoms with Crippen LogP contribution in [0.5, 0.6) is 0 Å². The third-order valence-corrected chi connectivity index (χ3v) is 5.72. The molecule has 0 saturated carbocycles. The molecule has 8 heteroatoms. The summed E-state index contributed by atoms with van der Waals surface area (Å²) in [6.45, 7) is 3.42. The second kappa shape index (κ2) is 7.55. The summed E-state index contributed by atoms with van der Waals surface area (Å²) in [4.78, 5) is 32.0. The lowest BCUT2D eigenvalue weighted by atomic mass is 10.1. The number of para-hydroxylation sites is 1. The molecule has 1 aliphatic heterocycles. The Hall–Kier alpha value is -3.00. The number of amides is 2. The first-order chi connectivity index (χ1) is 13.5. The second-order valence-electron chi connectivity index (χ2n) is 6.89. The van der Waals surface area contributed by atoms with Gasteiger partial charge in [0.05, 0.1) is 17.4 Å². The molecule has 7 nitrogen and oxygen atoms in total. The number of nitrogens with one attached hydrogen (secondary N) is 1. The van der Waals surface area contributed by atoms with Crippen LogP contribution in [0.4, 0.5) is 5.69 Å². The van der Waals surface area contributed by atoms with Gasteiger partial charge in [-0.15, -0.1) is 11.3 Å². The van der Waals surface area contributed by atoms with Crippen LogP contribution in [0.3, 0.4) is 0 Å². The second-order valence-corrected chi connectivity index (χ2v) is 7.75. The monoisotopic (exact) mass is 395 g/mol. The Labute approximate surface area is 167 Å². The van der Waals surface area contributed by atoms with E-state index in [1.54, 1.807) is 22.3 Å². The maximum atomic E-state index is 12.9. The van der Waals surface area contributed by atoms with Crippen molar-refractivity contribution in [2.24, 2.45) is 7.05 Å². The van der Waals surface area contributed by atoms with Gasteiger partial charge in [-0.2, -0.15) is 5.10 Å². The average molecular weight is 395 g/mol. The number of carbonyl (C=O) groups excluding carboxylic acids is 2. The number of rotatable bonds is 4. The molecule has 3 heterocycles. The number of aryl methyl sites for hydroxylation is 2. The van der Waals surface area contributed by atoms with Crippen molar-refractivity contribution >= 4 is 28.8 Å². The van der Waals surface area contributed by atoms with Gasteiger partial charge in [-0.3, -0.25) is 14.3 Å². The number of aromatic nitrogens is 3. The summed E-state index contributed by atoms with van der Waals surface area (Å²) in [5.41, 5.74) is 3.12. The number of thiazole rings is 1. The van der Waals surface area contributed by atoms with E-state index in [4.69, 9.17) is 0 Å². The quantitative estimate of drug-likeness (QED) is 0.735. The number of benzene rings is 1. The molecule has 0 aliphatic carbocycles. The summed E-state index contributed by atoms with van der Waals surface area (Å²) in [6, 6.07) is 5.50. The van der Waals surface area contributed by atoms with Crippen LogP contribution in [-0.2, 0) is 7.05 Å². The molecule has 1 aromatic carbocycles. The minimum atomic E-state index is -0.323. The molecule has 3 aromatic rings. The highest BCUT2D eigenvalue weighted by atomic mass is 32.1. The highest BCUT2D eigenvalue weighted by molar-refractivity contribution is 7.13. The lowest BCUT2D eigenvalue weighted by Gasteiger charge is -2.19. The Kier molecular flexibility index (Phi) is 4.95. The van der Waals surface area contributed by atoms with Gasteiger partial charge in [0.25, 0.3) is 11.8 Å². The van der Waals surface area contributed by atoms with Crippen LogP contribution in [-0.4, -0.2) is 44.6 Å². The van der Waals surface area contributed by atoms with Crippen molar-refractivity contribution in [3.63, 3.8) is 0 Å². The summed E-state index contributed by atoms with van der Waals surface area (Å²) in [6.07, 6.45) is 5.62. The Morgan fingerprint density at radius 1 is 1.21 bits per heavy atom. The largest absolute Gasteiger partial charge is 0.339 e. The van der Waals surface area contributed by atoms with Gasteiger partial charge >= 0.3 is 0 Å². The fraction of sp³-hybridized carbons (Fsp3) is 0.300. The first-order valence-electron chi connectivity index (χ1n) is 9.18. The standard InChI is InChI=1S/C20H21N5O2S/c1-13-6-5-7-15(20(27)25-8-3-4-9-25)17(13)23-18(26)16-12-28-19(22-16)14-10-21-24(2)11-14/h5-7,10-12H,3-4,8-9H2,1-2H3,(H,23,26). The third kappa shape index (κ3) is 3.55. The molecular formula is C20H21N5O2S. The molecule has 0 spiro atoms. The third-order valence-electron chi connectivity index (χ3n) is 4.82. The van der Waals surface area contributed by atoms with Crippen LogP contribution in [0.1, 0.15) is 39.3 Å². The van der Waals surface area contributed by atoms with Crippen LogP contribution in [0.2, 0.25) is 0 Å². The first-order valence-corrected chi connectivity index (χ1v) is 10.1. The Balaban J connectivity index is 1.58. The van der Waals surface area contributed by atoms with Crippen molar-refractivity contribution < 1.29 is 9.59 Å². The molecule has 2 amide bonds.